The molecule has 1 aromatic heterocycles. The zero-order valence-corrected chi connectivity index (χ0v) is 13.6. The average molecular weight is 332 g/mol. The quantitative estimate of drug-likeness (QED) is 0.847. The fourth-order valence-corrected chi connectivity index (χ4v) is 4.15. The molecule has 0 fully saturated rings. The van der Waals surface area contributed by atoms with Crippen molar-refractivity contribution in [1.82, 2.24) is 4.98 Å². The van der Waals surface area contributed by atoms with Gasteiger partial charge in [-0.1, -0.05) is 29.5 Å². The molecule has 0 aliphatic heterocycles. The molecular weight excluding hydrogens is 316 g/mol. The number of aromatic nitrogens is 1. The minimum Gasteiger partial charge on any atom is -0.302 e. The van der Waals surface area contributed by atoms with Gasteiger partial charge in [-0.15, -0.1) is 11.8 Å². The van der Waals surface area contributed by atoms with Gasteiger partial charge in [0.15, 0.2) is 10.9 Å². The summed E-state index contributed by atoms with van der Waals surface area (Å²) in [4.78, 5) is 30.0. The lowest BCUT2D eigenvalue weighted by atomic mass is 10.0. The second kappa shape index (κ2) is 7.07. The van der Waals surface area contributed by atoms with E-state index in [4.69, 9.17) is 0 Å². The van der Waals surface area contributed by atoms with Gasteiger partial charge >= 0.3 is 0 Å². The summed E-state index contributed by atoms with van der Waals surface area (Å²) in [5.41, 5.74) is 0.843. The van der Waals surface area contributed by atoms with Crippen molar-refractivity contribution in [3.63, 3.8) is 0 Å². The van der Waals surface area contributed by atoms with E-state index in [-0.39, 0.29) is 11.7 Å². The Labute approximate surface area is 137 Å². The SMILES string of the molecule is O=C(CCSc1ccccc1)Nc1nc2c(s1)C(=O)CCC2. The second-order valence-electron chi connectivity index (χ2n) is 5.03. The van der Waals surface area contributed by atoms with Crippen LogP contribution in [0, 0.1) is 0 Å². The van der Waals surface area contributed by atoms with Gasteiger partial charge in [0.1, 0.15) is 0 Å². The molecule has 0 saturated heterocycles. The van der Waals surface area contributed by atoms with E-state index in [0.717, 1.165) is 34.1 Å². The summed E-state index contributed by atoms with van der Waals surface area (Å²) in [6.45, 7) is 0. The summed E-state index contributed by atoms with van der Waals surface area (Å²) in [5.74, 6) is 0.820. The number of nitrogens with one attached hydrogen (secondary N) is 1. The lowest BCUT2D eigenvalue weighted by Crippen LogP contribution is -2.12. The van der Waals surface area contributed by atoms with E-state index in [1.807, 2.05) is 30.3 Å². The van der Waals surface area contributed by atoms with Crippen LogP contribution in [0.3, 0.4) is 0 Å². The Hall–Kier alpha value is -1.66. The second-order valence-corrected chi connectivity index (χ2v) is 7.20. The Morgan fingerprint density at radius 3 is 2.86 bits per heavy atom. The molecular formula is C16H16N2O2S2. The Balaban J connectivity index is 1.51. The molecule has 4 nitrogen and oxygen atoms in total. The van der Waals surface area contributed by atoms with Crippen LogP contribution < -0.4 is 5.32 Å². The van der Waals surface area contributed by atoms with Crippen molar-refractivity contribution in [3.8, 4) is 0 Å². The van der Waals surface area contributed by atoms with Gasteiger partial charge in [-0.2, -0.15) is 0 Å². The van der Waals surface area contributed by atoms with E-state index in [0.29, 0.717) is 18.0 Å². The van der Waals surface area contributed by atoms with Crippen molar-refractivity contribution in [1.29, 1.82) is 0 Å². The van der Waals surface area contributed by atoms with Crippen LogP contribution in [0.2, 0.25) is 0 Å². The number of anilines is 1. The molecule has 1 amide bonds. The lowest BCUT2D eigenvalue weighted by molar-refractivity contribution is -0.115. The van der Waals surface area contributed by atoms with Crippen molar-refractivity contribution in [2.45, 2.75) is 30.6 Å². The Kier molecular flexibility index (Phi) is 4.90. The molecule has 0 spiro atoms. The number of amides is 1. The van der Waals surface area contributed by atoms with Crippen molar-refractivity contribution in [2.75, 3.05) is 11.1 Å². The van der Waals surface area contributed by atoms with E-state index in [1.54, 1.807) is 11.8 Å². The van der Waals surface area contributed by atoms with Crippen molar-refractivity contribution < 1.29 is 9.59 Å². The van der Waals surface area contributed by atoms with Gasteiger partial charge in [0.2, 0.25) is 5.91 Å². The molecule has 0 bridgehead atoms. The molecule has 0 unspecified atom stereocenters. The van der Waals surface area contributed by atoms with Gasteiger partial charge < -0.3 is 5.32 Å². The number of aryl methyl sites for hydroxylation is 1. The maximum atomic E-state index is 12.0. The number of fused-ring (bicyclic) bond motifs is 1. The normalized spacial score (nSPS) is 13.7. The summed E-state index contributed by atoms with van der Waals surface area (Å²) >= 11 is 2.96. The summed E-state index contributed by atoms with van der Waals surface area (Å²) in [6, 6.07) is 10.0. The summed E-state index contributed by atoms with van der Waals surface area (Å²) in [7, 11) is 0. The van der Waals surface area contributed by atoms with Crippen molar-refractivity contribution in [2.24, 2.45) is 0 Å². The Morgan fingerprint density at radius 1 is 1.27 bits per heavy atom. The lowest BCUT2D eigenvalue weighted by Gasteiger charge is -2.05. The van der Waals surface area contributed by atoms with E-state index < -0.39 is 0 Å². The Bertz CT molecular complexity index is 683. The third kappa shape index (κ3) is 3.75. The smallest absolute Gasteiger partial charge is 0.226 e. The third-order valence-electron chi connectivity index (χ3n) is 3.36. The maximum absolute atomic E-state index is 12.0. The number of Topliss-reactive ketones (excluding diaryl/α,β-unsaturated/α-hetero) is 1. The highest BCUT2D eigenvalue weighted by molar-refractivity contribution is 7.99. The van der Waals surface area contributed by atoms with Crippen LogP contribution in [0.1, 0.15) is 34.6 Å². The molecule has 3 rings (SSSR count). The first kappa shape index (κ1) is 15.2. The number of benzene rings is 1. The molecule has 1 aliphatic rings. The van der Waals surface area contributed by atoms with Crippen molar-refractivity contribution in [3.05, 3.63) is 40.9 Å². The molecule has 1 heterocycles. The monoisotopic (exact) mass is 332 g/mol. The Morgan fingerprint density at radius 2 is 2.09 bits per heavy atom. The number of rotatable bonds is 5. The first-order valence-corrected chi connectivity index (χ1v) is 9.03. The van der Waals surface area contributed by atoms with Crippen LogP contribution in [-0.2, 0) is 11.2 Å². The predicted molar refractivity (Wildman–Crippen MR) is 89.8 cm³/mol. The van der Waals surface area contributed by atoms with Gasteiger partial charge in [0.25, 0.3) is 0 Å². The summed E-state index contributed by atoms with van der Waals surface area (Å²) < 4.78 is 0. The van der Waals surface area contributed by atoms with Crippen molar-refractivity contribution >= 4 is 39.9 Å². The molecule has 0 atom stereocenters. The van der Waals surface area contributed by atoms with Gasteiger partial charge in [0, 0.05) is 23.5 Å². The fraction of sp³-hybridized carbons (Fsp3) is 0.312. The first-order valence-electron chi connectivity index (χ1n) is 7.23. The van der Waals surface area contributed by atoms with E-state index in [9.17, 15) is 9.59 Å². The largest absolute Gasteiger partial charge is 0.302 e. The number of carbonyl (C=O) groups excluding carboxylic acids is 2. The summed E-state index contributed by atoms with van der Waals surface area (Å²) in [6.07, 6.45) is 2.71. The van der Waals surface area contributed by atoms with Crippen LogP contribution in [0.5, 0.6) is 0 Å². The molecule has 22 heavy (non-hydrogen) atoms. The molecule has 114 valence electrons. The van der Waals surface area contributed by atoms with Crippen LogP contribution in [0.15, 0.2) is 35.2 Å². The van der Waals surface area contributed by atoms with Crippen LogP contribution >= 0.6 is 23.1 Å². The highest BCUT2D eigenvalue weighted by atomic mass is 32.2. The first-order chi connectivity index (χ1) is 10.7. The van der Waals surface area contributed by atoms with Crippen LogP contribution in [0.4, 0.5) is 5.13 Å². The fourth-order valence-electron chi connectivity index (χ4n) is 2.28. The standard InChI is InChI=1S/C16H16N2O2S2/c19-13-8-4-7-12-15(13)22-16(17-12)18-14(20)9-10-21-11-5-2-1-3-6-11/h1-3,5-6H,4,7-10H2,(H,17,18,20). The molecule has 0 radical (unpaired) electrons. The maximum Gasteiger partial charge on any atom is 0.226 e. The van der Waals surface area contributed by atoms with E-state index in [1.165, 1.54) is 11.3 Å². The molecule has 6 heteroatoms. The molecule has 2 aromatic rings. The molecule has 1 aliphatic carbocycles. The topological polar surface area (TPSA) is 59.1 Å². The van der Waals surface area contributed by atoms with Gasteiger partial charge in [0.05, 0.1) is 10.6 Å². The number of hydrogen-bond acceptors (Lipinski definition) is 5. The summed E-state index contributed by atoms with van der Waals surface area (Å²) in [5, 5.41) is 3.36. The number of carbonyl (C=O) groups is 2. The highest BCUT2D eigenvalue weighted by Crippen LogP contribution is 2.29. The predicted octanol–water partition coefficient (Wildman–Crippen LogP) is 3.78. The zero-order chi connectivity index (χ0) is 15.4. The van der Waals surface area contributed by atoms with E-state index >= 15 is 0 Å². The average Bonchev–Trinajstić information content (AvgIpc) is 2.92. The van der Waals surface area contributed by atoms with Gasteiger partial charge in [-0.25, -0.2) is 4.98 Å². The number of nitrogens with zero attached hydrogens (tertiary/aromatic N) is 1. The third-order valence-corrected chi connectivity index (χ3v) is 5.42. The number of thiazole rings is 1. The number of ketones is 1. The van der Waals surface area contributed by atoms with Crippen LogP contribution in [-0.4, -0.2) is 22.4 Å². The minimum atomic E-state index is -0.0537. The number of thioether (sulfide) groups is 1. The number of hydrogen-bond donors (Lipinski definition) is 1. The minimum absolute atomic E-state index is 0.0537. The van der Waals surface area contributed by atoms with Gasteiger partial charge in [-0.05, 0) is 25.0 Å². The van der Waals surface area contributed by atoms with E-state index in [2.05, 4.69) is 10.3 Å². The zero-order valence-electron chi connectivity index (χ0n) is 12.0. The molecule has 1 N–H and O–H groups in total. The molecule has 0 saturated carbocycles. The van der Waals surface area contributed by atoms with Gasteiger partial charge in [-0.3, -0.25) is 9.59 Å². The highest BCUT2D eigenvalue weighted by Gasteiger charge is 2.22. The van der Waals surface area contributed by atoms with Crippen LogP contribution in [0.25, 0.3) is 0 Å². The molecule has 1 aromatic carbocycles.